The Balaban J connectivity index is 2.20. The Labute approximate surface area is 102 Å². The summed E-state index contributed by atoms with van der Waals surface area (Å²) in [4.78, 5) is 15.4. The fraction of sp³-hybridized carbons (Fsp3) is 0. The normalized spacial score (nSPS) is 10.9. The standard InChI is InChI=1S/C11H8ClN5/c12-6-1-2-7(8(13)3-6)10-16-9-4-14-5-15-11(9)17-10/h1-5H,13H2,(H,14,15,16,17). The van der Waals surface area contributed by atoms with E-state index in [1.807, 2.05) is 6.07 Å². The summed E-state index contributed by atoms with van der Waals surface area (Å²) >= 11 is 5.85. The summed E-state index contributed by atoms with van der Waals surface area (Å²) in [6, 6.07) is 5.28. The lowest BCUT2D eigenvalue weighted by Gasteiger charge is -2.01. The predicted octanol–water partition coefficient (Wildman–Crippen LogP) is 2.26. The van der Waals surface area contributed by atoms with Crippen molar-refractivity contribution in [2.24, 2.45) is 0 Å². The van der Waals surface area contributed by atoms with Crippen molar-refractivity contribution in [1.29, 1.82) is 0 Å². The SMILES string of the molecule is Nc1cc(Cl)ccc1-c1nc2ncncc2[nH]1. The van der Waals surface area contributed by atoms with Crippen LogP contribution in [0.4, 0.5) is 5.69 Å². The molecule has 0 saturated heterocycles. The van der Waals surface area contributed by atoms with Gasteiger partial charge in [-0.2, -0.15) is 0 Å². The monoisotopic (exact) mass is 245 g/mol. The molecule has 17 heavy (non-hydrogen) atoms. The second-order valence-corrected chi connectivity index (χ2v) is 4.01. The van der Waals surface area contributed by atoms with Gasteiger partial charge in [-0.15, -0.1) is 0 Å². The Morgan fingerprint density at radius 2 is 2.18 bits per heavy atom. The molecule has 1 aromatic carbocycles. The molecule has 0 spiro atoms. The van der Waals surface area contributed by atoms with Gasteiger partial charge in [-0.1, -0.05) is 11.6 Å². The number of anilines is 1. The Hall–Kier alpha value is -2.14. The van der Waals surface area contributed by atoms with Crippen molar-refractivity contribution in [2.75, 3.05) is 5.73 Å². The first-order valence-corrected chi connectivity index (χ1v) is 5.33. The zero-order valence-corrected chi connectivity index (χ0v) is 9.44. The summed E-state index contributed by atoms with van der Waals surface area (Å²) in [6.45, 7) is 0. The molecule has 2 aromatic heterocycles. The van der Waals surface area contributed by atoms with E-state index in [-0.39, 0.29) is 0 Å². The van der Waals surface area contributed by atoms with E-state index in [1.165, 1.54) is 6.33 Å². The van der Waals surface area contributed by atoms with Crippen LogP contribution in [-0.4, -0.2) is 19.9 Å². The van der Waals surface area contributed by atoms with Crippen molar-refractivity contribution in [3.63, 3.8) is 0 Å². The lowest BCUT2D eigenvalue weighted by molar-refractivity contribution is 1.20. The number of imidazole rings is 1. The van der Waals surface area contributed by atoms with Crippen LogP contribution < -0.4 is 5.73 Å². The van der Waals surface area contributed by atoms with Crippen LogP contribution in [-0.2, 0) is 0 Å². The lowest BCUT2D eigenvalue weighted by Crippen LogP contribution is -1.91. The van der Waals surface area contributed by atoms with Gasteiger partial charge in [-0.25, -0.2) is 15.0 Å². The molecule has 0 saturated carbocycles. The predicted molar refractivity (Wildman–Crippen MR) is 66.5 cm³/mol. The quantitative estimate of drug-likeness (QED) is 0.645. The summed E-state index contributed by atoms with van der Waals surface area (Å²) < 4.78 is 0. The third-order valence-electron chi connectivity index (χ3n) is 2.43. The highest BCUT2D eigenvalue weighted by Crippen LogP contribution is 2.27. The molecule has 84 valence electrons. The third kappa shape index (κ3) is 1.70. The summed E-state index contributed by atoms with van der Waals surface area (Å²) in [5, 5.41) is 0.599. The topological polar surface area (TPSA) is 80.5 Å². The van der Waals surface area contributed by atoms with Crippen molar-refractivity contribution in [1.82, 2.24) is 19.9 Å². The van der Waals surface area contributed by atoms with Crippen LogP contribution in [0.2, 0.25) is 5.02 Å². The van der Waals surface area contributed by atoms with Gasteiger partial charge in [-0.05, 0) is 18.2 Å². The van der Waals surface area contributed by atoms with Crippen molar-refractivity contribution in [2.45, 2.75) is 0 Å². The number of aromatic amines is 1. The average molecular weight is 246 g/mol. The van der Waals surface area contributed by atoms with E-state index >= 15 is 0 Å². The van der Waals surface area contributed by atoms with E-state index < -0.39 is 0 Å². The second-order valence-electron chi connectivity index (χ2n) is 3.58. The van der Waals surface area contributed by atoms with Gasteiger partial charge < -0.3 is 10.7 Å². The summed E-state index contributed by atoms with van der Waals surface area (Å²) in [7, 11) is 0. The number of nitrogens with zero attached hydrogens (tertiary/aromatic N) is 3. The number of nitrogens with one attached hydrogen (secondary N) is 1. The van der Waals surface area contributed by atoms with E-state index in [2.05, 4.69) is 19.9 Å². The molecule has 0 bridgehead atoms. The van der Waals surface area contributed by atoms with Crippen LogP contribution in [0.1, 0.15) is 0 Å². The van der Waals surface area contributed by atoms with Crippen molar-refractivity contribution in [3.05, 3.63) is 35.7 Å². The smallest absolute Gasteiger partial charge is 0.181 e. The zero-order chi connectivity index (χ0) is 11.8. The maximum Gasteiger partial charge on any atom is 0.181 e. The van der Waals surface area contributed by atoms with Gasteiger partial charge in [0.1, 0.15) is 17.7 Å². The van der Waals surface area contributed by atoms with Gasteiger partial charge >= 0.3 is 0 Å². The Morgan fingerprint density at radius 1 is 1.29 bits per heavy atom. The molecular weight excluding hydrogens is 238 g/mol. The maximum atomic E-state index is 5.89. The molecule has 0 aliphatic heterocycles. The third-order valence-corrected chi connectivity index (χ3v) is 2.67. The molecular formula is C11H8ClN5. The molecule has 0 radical (unpaired) electrons. The number of nitrogen functional groups attached to an aromatic ring is 1. The van der Waals surface area contributed by atoms with Crippen LogP contribution >= 0.6 is 11.6 Å². The van der Waals surface area contributed by atoms with Crippen LogP contribution in [0.5, 0.6) is 0 Å². The zero-order valence-electron chi connectivity index (χ0n) is 8.68. The number of nitrogens with two attached hydrogens (primary N) is 1. The van der Waals surface area contributed by atoms with Gasteiger partial charge in [0.15, 0.2) is 5.65 Å². The molecule has 6 heteroatoms. The Morgan fingerprint density at radius 3 is 2.94 bits per heavy atom. The molecule has 0 unspecified atom stereocenters. The van der Waals surface area contributed by atoms with E-state index in [0.717, 1.165) is 11.1 Å². The summed E-state index contributed by atoms with van der Waals surface area (Å²) in [6.07, 6.45) is 3.13. The first-order valence-electron chi connectivity index (χ1n) is 4.95. The molecule has 5 nitrogen and oxygen atoms in total. The van der Waals surface area contributed by atoms with E-state index in [1.54, 1.807) is 18.3 Å². The van der Waals surface area contributed by atoms with Crippen LogP contribution in [0, 0.1) is 0 Å². The number of halogens is 1. The fourth-order valence-electron chi connectivity index (χ4n) is 1.64. The first-order chi connectivity index (χ1) is 8.24. The molecule has 3 N–H and O–H groups in total. The Bertz CT molecular complexity index is 658. The number of aromatic nitrogens is 4. The van der Waals surface area contributed by atoms with Gasteiger partial charge in [0.2, 0.25) is 0 Å². The molecule has 0 aliphatic rings. The van der Waals surface area contributed by atoms with Gasteiger partial charge in [0.05, 0.1) is 6.20 Å². The summed E-state index contributed by atoms with van der Waals surface area (Å²) in [5.41, 5.74) is 8.66. The molecule has 2 heterocycles. The number of hydrogen-bond donors (Lipinski definition) is 2. The van der Waals surface area contributed by atoms with Crippen LogP contribution in [0.25, 0.3) is 22.6 Å². The highest BCUT2D eigenvalue weighted by Gasteiger charge is 2.09. The minimum absolute atomic E-state index is 0.574. The average Bonchev–Trinajstić information content (AvgIpc) is 2.72. The van der Waals surface area contributed by atoms with Gasteiger partial charge in [0, 0.05) is 16.3 Å². The molecule has 3 rings (SSSR count). The number of fused-ring (bicyclic) bond motifs is 1. The van der Waals surface area contributed by atoms with Crippen LogP contribution in [0.15, 0.2) is 30.7 Å². The lowest BCUT2D eigenvalue weighted by atomic mass is 10.2. The molecule has 0 amide bonds. The number of hydrogen-bond acceptors (Lipinski definition) is 4. The highest BCUT2D eigenvalue weighted by atomic mass is 35.5. The van der Waals surface area contributed by atoms with Crippen molar-refractivity contribution < 1.29 is 0 Å². The van der Waals surface area contributed by atoms with Crippen molar-refractivity contribution >= 4 is 28.5 Å². The number of benzene rings is 1. The minimum Gasteiger partial charge on any atom is -0.398 e. The molecule has 0 atom stereocenters. The van der Waals surface area contributed by atoms with Crippen LogP contribution in [0.3, 0.4) is 0 Å². The Kier molecular flexibility index (Phi) is 2.19. The van der Waals surface area contributed by atoms with E-state index in [9.17, 15) is 0 Å². The highest BCUT2D eigenvalue weighted by molar-refractivity contribution is 6.31. The molecule has 0 fully saturated rings. The summed E-state index contributed by atoms with van der Waals surface area (Å²) in [5.74, 6) is 0.662. The number of rotatable bonds is 1. The van der Waals surface area contributed by atoms with E-state index in [4.69, 9.17) is 17.3 Å². The van der Waals surface area contributed by atoms with Crippen molar-refractivity contribution in [3.8, 4) is 11.4 Å². The maximum absolute atomic E-state index is 5.89. The largest absolute Gasteiger partial charge is 0.398 e. The first kappa shape index (κ1) is 10.0. The second kappa shape index (κ2) is 3.71. The van der Waals surface area contributed by atoms with E-state index in [0.29, 0.717) is 22.2 Å². The molecule has 0 aliphatic carbocycles. The molecule has 3 aromatic rings. The number of H-pyrrole nitrogens is 1. The van der Waals surface area contributed by atoms with Gasteiger partial charge in [-0.3, -0.25) is 0 Å². The fourth-order valence-corrected chi connectivity index (χ4v) is 1.82. The van der Waals surface area contributed by atoms with Gasteiger partial charge in [0.25, 0.3) is 0 Å². The minimum atomic E-state index is 0.574.